The first-order valence-electron chi connectivity index (χ1n) is 5.62. The van der Waals surface area contributed by atoms with Crippen LogP contribution in [-0.4, -0.2) is 23.8 Å². The summed E-state index contributed by atoms with van der Waals surface area (Å²) in [7, 11) is 0. The van der Waals surface area contributed by atoms with Crippen molar-refractivity contribution in [1.82, 2.24) is 0 Å². The molecule has 0 aromatic carbocycles. The first-order valence-corrected chi connectivity index (χ1v) is 5.62. The zero-order valence-electron chi connectivity index (χ0n) is 8.45. The first-order chi connectivity index (χ1) is 6.77. The van der Waals surface area contributed by atoms with Crippen molar-refractivity contribution in [3.05, 3.63) is 0 Å². The van der Waals surface area contributed by atoms with Crippen LogP contribution >= 0.6 is 0 Å². The van der Waals surface area contributed by atoms with E-state index in [9.17, 15) is 9.90 Å². The smallest absolute Gasteiger partial charge is 0.309 e. The van der Waals surface area contributed by atoms with Crippen LogP contribution in [0.15, 0.2) is 0 Å². The Morgan fingerprint density at radius 1 is 1.29 bits per heavy atom. The highest BCUT2D eigenvalue weighted by Gasteiger charge is 2.32. The summed E-state index contributed by atoms with van der Waals surface area (Å²) in [6.45, 7) is 0.576. The van der Waals surface area contributed by atoms with Gasteiger partial charge in [-0.1, -0.05) is 12.8 Å². The van der Waals surface area contributed by atoms with E-state index in [2.05, 4.69) is 0 Å². The fraction of sp³-hybridized carbons (Fsp3) is 0.909. The minimum atomic E-state index is -0.183. The number of carbonyl (C=O) groups is 1. The van der Waals surface area contributed by atoms with Gasteiger partial charge in [-0.3, -0.25) is 4.79 Å². The molecule has 3 heteroatoms. The zero-order chi connectivity index (χ0) is 9.97. The Morgan fingerprint density at radius 3 is 2.71 bits per heavy atom. The highest BCUT2D eigenvalue weighted by atomic mass is 16.5. The third-order valence-electron chi connectivity index (χ3n) is 3.50. The third kappa shape index (κ3) is 2.08. The van der Waals surface area contributed by atoms with Gasteiger partial charge in [0.15, 0.2) is 0 Å². The van der Waals surface area contributed by atoms with E-state index in [1.54, 1.807) is 0 Å². The topological polar surface area (TPSA) is 46.5 Å². The fourth-order valence-corrected chi connectivity index (χ4v) is 2.58. The Balaban J connectivity index is 1.86. The SMILES string of the molecule is O=C1OCC[C@H]1C[C@@H]1CCCC[C@@H]1O. The van der Waals surface area contributed by atoms with Gasteiger partial charge in [-0.25, -0.2) is 0 Å². The molecule has 2 rings (SSSR count). The van der Waals surface area contributed by atoms with Crippen LogP contribution in [0.4, 0.5) is 0 Å². The molecule has 0 amide bonds. The average Bonchev–Trinajstić information content (AvgIpc) is 2.56. The minimum absolute atomic E-state index is 0.0530. The van der Waals surface area contributed by atoms with Gasteiger partial charge < -0.3 is 9.84 Å². The van der Waals surface area contributed by atoms with Crippen molar-refractivity contribution in [2.75, 3.05) is 6.61 Å². The van der Waals surface area contributed by atoms with Gasteiger partial charge in [0.2, 0.25) is 0 Å². The van der Waals surface area contributed by atoms with Gasteiger partial charge in [0, 0.05) is 0 Å². The minimum Gasteiger partial charge on any atom is -0.465 e. The van der Waals surface area contributed by atoms with Crippen LogP contribution in [0.5, 0.6) is 0 Å². The van der Waals surface area contributed by atoms with Crippen molar-refractivity contribution < 1.29 is 14.6 Å². The maximum absolute atomic E-state index is 11.3. The van der Waals surface area contributed by atoms with E-state index in [0.717, 1.165) is 32.1 Å². The second-order valence-electron chi connectivity index (χ2n) is 4.50. The van der Waals surface area contributed by atoms with Crippen LogP contribution in [0, 0.1) is 11.8 Å². The summed E-state index contributed by atoms with van der Waals surface area (Å²) in [5, 5.41) is 9.76. The molecule has 3 atom stereocenters. The van der Waals surface area contributed by atoms with E-state index < -0.39 is 0 Å². The van der Waals surface area contributed by atoms with E-state index >= 15 is 0 Å². The Labute approximate surface area is 84.4 Å². The number of rotatable bonds is 2. The second-order valence-corrected chi connectivity index (χ2v) is 4.50. The molecule has 0 unspecified atom stereocenters. The molecule has 1 N–H and O–H groups in total. The molecular weight excluding hydrogens is 180 g/mol. The average molecular weight is 198 g/mol. The number of aliphatic hydroxyl groups excluding tert-OH is 1. The van der Waals surface area contributed by atoms with Crippen LogP contribution in [0.2, 0.25) is 0 Å². The monoisotopic (exact) mass is 198 g/mol. The van der Waals surface area contributed by atoms with Gasteiger partial charge in [0.05, 0.1) is 18.6 Å². The molecular formula is C11H18O3. The normalized spacial score (nSPS) is 38.4. The number of carbonyl (C=O) groups excluding carboxylic acids is 1. The highest BCUT2D eigenvalue weighted by Crippen LogP contribution is 2.32. The number of hydrogen-bond donors (Lipinski definition) is 1. The lowest BCUT2D eigenvalue weighted by Gasteiger charge is -2.28. The quantitative estimate of drug-likeness (QED) is 0.684. The summed E-state index contributed by atoms with van der Waals surface area (Å²) in [5.41, 5.74) is 0. The molecule has 1 aliphatic carbocycles. The largest absolute Gasteiger partial charge is 0.465 e. The van der Waals surface area contributed by atoms with Gasteiger partial charge in [-0.2, -0.15) is 0 Å². The Kier molecular flexibility index (Phi) is 3.06. The highest BCUT2D eigenvalue weighted by molar-refractivity contribution is 5.74. The van der Waals surface area contributed by atoms with Crippen molar-refractivity contribution in [2.24, 2.45) is 11.8 Å². The molecule has 0 radical (unpaired) electrons. The van der Waals surface area contributed by atoms with E-state index in [4.69, 9.17) is 4.74 Å². The van der Waals surface area contributed by atoms with Crippen molar-refractivity contribution >= 4 is 5.97 Å². The fourth-order valence-electron chi connectivity index (χ4n) is 2.58. The number of esters is 1. The Hall–Kier alpha value is -0.570. The van der Waals surface area contributed by atoms with Gasteiger partial charge in [-0.15, -0.1) is 0 Å². The van der Waals surface area contributed by atoms with E-state index in [1.165, 1.54) is 6.42 Å². The molecule has 0 bridgehead atoms. The Bertz CT molecular complexity index is 215. The molecule has 1 saturated carbocycles. The lowest BCUT2D eigenvalue weighted by Crippen LogP contribution is -2.27. The summed E-state index contributed by atoms with van der Waals surface area (Å²) >= 11 is 0. The molecule has 0 aromatic rings. The van der Waals surface area contributed by atoms with Gasteiger partial charge in [0.1, 0.15) is 0 Å². The van der Waals surface area contributed by atoms with Gasteiger partial charge >= 0.3 is 5.97 Å². The van der Waals surface area contributed by atoms with Crippen LogP contribution in [0.1, 0.15) is 38.5 Å². The molecule has 80 valence electrons. The van der Waals surface area contributed by atoms with Gasteiger partial charge in [-0.05, 0) is 31.6 Å². The molecule has 1 aliphatic heterocycles. The molecule has 0 aromatic heterocycles. The van der Waals surface area contributed by atoms with Crippen LogP contribution in [-0.2, 0) is 9.53 Å². The molecule has 0 spiro atoms. The molecule has 1 heterocycles. The number of ether oxygens (including phenoxy) is 1. The standard InChI is InChI=1S/C11H18O3/c12-10-4-2-1-3-8(10)7-9-5-6-14-11(9)13/h8-10,12H,1-7H2/t8-,9-,10-/m0/s1. The predicted octanol–water partition coefficient (Wildman–Crippen LogP) is 1.49. The van der Waals surface area contributed by atoms with E-state index in [0.29, 0.717) is 12.5 Å². The maximum atomic E-state index is 11.3. The molecule has 2 aliphatic rings. The summed E-state index contributed by atoms with van der Waals surface area (Å²) in [4.78, 5) is 11.3. The zero-order valence-corrected chi connectivity index (χ0v) is 8.45. The number of hydrogen-bond acceptors (Lipinski definition) is 3. The molecule has 2 fully saturated rings. The van der Waals surface area contributed by atoms with Gasteiger partial charge in [0.25, 0.3) is 0 Å². The number of aliphatic hydroxyl groups is 1. The molecule has 14 heavy (non-hydrogen) atoms. The van der Waals surface area contributed by atoms with Crippen LogP contribution in [0.3, 0.4) is 0 Å². The second kappa shape index (κ2) is 4.30. The lowest BCUT2D eigenvalue weighted by molar-refractivity contribution is -0.142. The first kappa shape index (κ1) is 9.97. The molecule has 1 saturated heterocycles. The summed E-state index contributed by atoms with van der Waals surface area (Å²) in [6.07, 6.45) is 5.81. The summed E-state index contributed by atoms with van der Waals surface area (Å²) in [6, 6.07) is 0. The Morgan fingerprint density at radius 2 is 2.07 bits per heavy atom. The van der Waals surface area contributed by atoms with Crippen LogP contribution in [0.25, 0.3) is 0 Å². The lowest BCUT2D eigenvalue weighted by atomic mass is 9.80. The third-order valence-corrected chi connectivity index (χ3v) is 3.50. The molecule has 3 nitrogen and oxygen atoms in total. The van der Waals surface area contributed by atoms with E-state index in [-0.39, 0.29) is 18.0 Å². The van der Waals surface area contributed by atoms with E-state index in [1.807, 2.05) is 0 Å². The van der Waals surface area contributed by atoms with Crippen molar-refractivity contribution in [3.63, 3.8) is 0 Å². The van der Waals surface area contributed by atoms with Crippen molar-refractivity contribution in [1.29, 1.82) is 0 Å². The summed E-state index contributed by atoms with van der Waals surface area (Å²) in [5.74, 6) is 0.343. The summed E-state index contributed by atoms with van der Waals surface area (Å²) < 4.78 is 4.92. The maximum Gasteiger partial charge on any atom is 0.309 e. The predicted molar refractivity (Wildman–Crippen MR) is 51.6 cm³/mol. The van der Waals surface area contributed by atoms with Crippen molar-refractivity contribution in [3.8, 4) is 0 Å². The van der Waals surface area contributed by atoms with Crippen LogP contribution < -0.4 is 0 Å². The van der Waals surface area contributed by atoms with Crippen molar-refractivity contribution in [2.45, 2.75) is 44.6 Å². The number of cyclic esters (lactones) is 1.